The molecule has 0 radical (unpaired) electrons. The van der Waals surface area contributed by atoms with Crippen LogP contribution in [0.5, 0.6) is 5.75 Å². The van der Waals surface area contributed by atoms with E-state index in [1.54, 1.807) is 25.3 Å². The molecule has 2 aromatic carbocycles. The van der Waals surface area contributed by atoms with Gasteiger partial charge in [-0.1, -0.05) is 23.7 Å². The number of amides is 1. The number of ether oxygens (including phenoxy) is 2. The van der Waals surface area contributed by atoms with Crippen LogP contribution >= 0.6 is 11.6 Å². The van der Waals surface area contributed by atoms with E-state index in [0.717, 1.165) is 38.2 Å². The molecular formula is C22H25ClN2O4. The molecule has 29 heavy (non-hydrogen) atoms. The van der Waals surface area contributed by atoms with Crippen LogP contribution in [0.4, 0.5) is 5.69 Å². The minimum Gasteiger partial charge on any atom is -0.497 e. The fourth-order valence-corrected chi connectivity index (χ4v) is 3.69. The number of nitrogens with zero attached hydrogens (tertiary/aromatic N) is 1. The van der Waals surface area contributed by atoms with Gasteiger partial charge < -0.3 is 14.8 Å². The summed E-state index contributed by atoms with van der Waals surface area (Å²) in [5.41, 5.74) is 1.97. The molecule has 0 saturated carbocycles. The Balaban J connectivity index is 1.54. The summed E-state index contributed by atoms with van der Waals surface area (Å²) < 4.78 is 10.00. The van der Waals surface area contributed by atoms with Gasteiger partial charge in [0.1, 0.15) is 5.75 Å². The van der Waals surface area contributed by atoms with Crippen LogP contribution in [-0.4, -0.2) is 44.1 Å². The van der Waals surface area contributed by atoms with E-state index < -0.39 is 5.97 Å². The Kier molecular flexibility index (Phi) is 7.12. The molecule has 0 aliphatic carbocycles. The normalized spacial score (nSPS) is 15.0. The first-order valence-electron chi connectivity index (χ1n) is 9.54. The third-order valence-electron chi connectivity index (χ3n) is 5.14. The number of piperidine rings is 1. The third kappa shape index (κ3) is 5.49. The van der Waals surface area contributed by atoms with Gasteiger partial charge >= 0.3 is 5.97 Å². The van der Waals surface area contributed by atoms with Crippen LogP contribution in [0.3, 0.4) is 0 Å². The number of hydrogen-bond donors (Lipinski definition) is 1. The Hall–Kier alpha value is -2.57. The maximum absolute atomic E-state index is 12.7. The van der Waals surface area contributed by atoms with Crippen LogP contribution in [0, 0.1) is 5.92 Å². The quantitative estimate of drug-likeness (QED) is 0.721. The molecule has 0 spiro atoms. The van der Waals surface area contributed by atoms with E-state index in [9.17, 15) is 9.59 Å². The molecule has 0 unspecified atom stereocenters. The lowest BCUT2D eigenvalue weighted by Crippen LogP contribution is -2.37. The van der Waals surface area contributed by atoms with Gasteiger partial charge in [0.25, 0.3) is 0 Å². The fourth-order valence-electron chi connectivity index (χ4n) is 3.50. The van der Waals surface area contributed by atoms with Crippen LogP contribution in [0.1, 0.15) is 28.8 Å². The summed E-state index contributed by atoms with van der Waals surface area (Å²) in [4.78, 5) is 26.8. The van der Waals surface area contributed by atoms with Crippen LogP contribution < -0.4 is 10.1 Å². The van der Waals surface area contributed by atoms with Gasteiger partial charge in [0.15, 0.2) is 0 Å². The summed E-state index contributed by atoms with van der Waals surface area (Å²) in [5.74, 6) is 0.223. The van der Waals surface area contributed by atoms with Crippen molar-refractivity contribution in [2.24, 2.45) is 5.92 Å². The van der Waals surface area contributed by atoms with Crippen molar-refractivity contribution < 1.29 is 19.1 Å². The standard InChI is InChI=1S/C22H25ClN2O4/c1-28-18-5-3-4-15(12-18)14-25-10-8-16(9-11-25)21(26)24-17-6-7-20(23)19(13-17)22(27)29-2/h3-7,12-13,16H,8-11,14H2,1-2H3,(H,24,26). The van der Waals surface area contributed by atoms with Crippen molar-refractivity contribution in [3.05, 3.63) is 58.6 Å². The minimum absolute atomic E-state index is 0.0378. The second-order valence-electron chi connectivity index (χ2n) is 7.08. The highest BCUT2D eigenvalue weighted by Crippen LogP contribution is 2.25. The Morgan fingerprint density at radius 3 is 2.59 bits per heavy atom. The number of anilines is 1. The summed E-state index contributed by atoms with van der Waals surface area (Å²) in [7, 11) is 2.96. The Labute approximate surface area is 175 Å². The smallest absolute Gasteiger partial charge is 0.339 e. The third-order valence-corrected chi connectivity index (χ3v) is 5.47. The summed E-state index contributed by atoms with van der Waals surface area (Å²) in [6, 6.07) is 12.9. The van der Waals surface area contributed by atoms with Crippen molar-refractivity contribution in [2.45, 2.75) is 19.4 Å². The van der Waals surface area contributed by atoms with Crippen LogP contribution in [0.15, 0.2) is 42.5 Å². The zero-order chi connectivity index (χ0) is 20.8. The number of nitrogens with one attached hydrogen (secondary N) is 1. The Morgan fingerprint density at radius 2 is 1.90 bits per heavy atom. The van der Waals surface area contributed by atoms with Crippen LogP contribution in [0.25, 0.3) is 0 Å². The van der Waals surface area contributed by atoms with Crippen molar-refractivity contribution in [1.82, 2.24) is 4.90 Å². The first-order chi connectivity index (χ1) is 14.0. The number of esters is 1. The first-order valence-corrected chi connectivity index (χ1v) is 9.92. The maximum Gasteiger partial charge on any atom is 0.339 e. The van der Waals surface area contributed by atoms with Crippen LogP contribution in [-0.2, 0) is 16.1 Å². The van der Waals surface area contributed by atoms with Gasteiger partial charge in [-0.2, -0.15) is 0 Å². The van der Waals surface area contributed by atoms with Gasteiger partial charge in [0.05, 0.1) is 24.8 Å². The van der Waals surface area contributed by atoms with E-state index in [2.05, 4.69) is 16.3 Å². The SMILES string of the molecule is COC(=O)c1cc(NC(=O)C2CCN(Cc3cccc(OC)c3)CC2)ccc1Cl. The molecule has 1 fully saturated rings. The second-order valence-corrected chi connectivity index (χ2v) is 7.48. The molecule has 0 bridgehead atoms. The fraction of sp³-hybridized carbons (Fsp3) is 0.364. The summed E-state index contributed by atoms with van der Waals surface area (Å²) in [6.07, 6.45) is 1.57. The van der Waals surface area contributed by atoms with Gasteiger partial charge in [0.2, 0.25) is 5.91 Å². The molecule has 154 valence electrons. The number of methoxy groups -OCH3 is 2. The van der Waals surface area contributed by atoms with Crippen molar-refractivity contribution in [3.8, 4) is 5.75 Å². The minimum atomic E-state index is -0.531. The molecule has 7 heteroatoms. The lowest BCUT2D eigenvalue weighted by atomic mass is 9.95. The van der Waals surface area contributed by atoms with Crippen molar-refractivity contribution in [2.75, 3.05) is 32.6 Å². The molecule has 0 atom stereocenters. The average Bonchev–Trinajstić information content (AvgIpc) is 2.75. The highest BCUT2D eigenvalue weighted by atomic mass is 35.5. The molecule has 0 aromatic heterocycles. The number of benzene rings is 2. The predicted molar refractivity (Wildman–Crippen MR) is 112 cm³/mol. The van der Waals surface area contributed by atoms with Crippen LogP contribution in [0.2, 0.25) is 5.02 Å². The molecule has 6 nitrogen and oxygen atoms in total. The Morgan fingerprint density at radius 1 is 1.14 bits per heavy atom. The lowest BCUT2D eigenvalue weighted by Gasteiger charge is -2.31. The van der Waals surface area contributed by atoms with Gasteiger partial charge in [-0.3, -0.25) is 9.69 Å². The Bertz CT molecular complexity index is 879. The molecule has 1 heterocycles. The number of rotatable bonds is 6. The molecule has 3 rings (SSSR count). The molecule has 1 amide bonds. The molecule has 2 aromatic rings. The zero-order valence-electron chi connectivity index (χ0n) is 16.6. The van der Waals surface area contributed by atoms with E-state index in [-0.39, 0.29) is 17.4 Å². The number of hydrogen-bond acceptors (Lipinski definition) is 5. The highest BCUT2D eigenvalue weighted by molar-refractivity contribution is 6.33. The molecule has 1 saturated heterocycles. The highest BCUT2D eigenvalue weighted by Gasteiger charge is 2.25. The number of halogens is 1. The van der Waals surface area contributed by atoms with E-state index in [1.165, 1.54) is 12.7 Å². The summed E-state index contributed by atoms with van der Waals surface area (Å²) in [5, 5.41) is 3.19. The average molecular weight is 417 g/mol. The monoisotopic (exact) mass is 416 g/mol. The lowest BCUT2D eigenvalue weighted by molar-refractivity contribution is -0.121. The maximum atomic E-state index is 12.7. The molecular weight excluding hydrogens is 392 g/mol. The van der Waals surface area contributed by atoms with Gasteiger partial charge in [0, 0.05) is 18.2 Å². The van der Waals surface area contributed by atoms with Crippen molar-refractivity contribution >= 4 is 29.2 Å². The zero-order valence-corrected chi connectivity index (χ0v) is 17.4. The van der Waals surface area contributed by atoms with Crippen molar-refractivity contribution in [1.29, 1.82) is 0 Å². The number of likely N-dealkylation sites (tertiary alicyclic amines) is 1. The topological polar surface area (TPSA) is 67.9 Å². The van der Waals surface area contributed by atoms with E-state index in [1.807, 2.05) is 18.2 Å². The number of carbonyl (C=O) groups is 2. The van der Waals surface area contributed by atoms with Gasteiger partial charge in [-0.05, 0) is 61.8 Å². The van der Waals surface area contributed by atoms with Gasteiger partial charge in [-0.25, -0.2) is 4.79 Å². The molecule has 1 aliphatic rings. The second kappa shape index (κ2) is 9.76. The summed E-state index contributed by atoms with van der Waals surface area (Å²) >= 11 is 6.03. The van der Waals surface area contributed by atoms with E-state index in [4.69, 9.17) is 21.1 Å². The van der Waals surface area contributed by atoms with E-state index in [0.29, 0.717) is 10.7 Å². The van der Waals surface area contributed by atoms with E-state index >= 15 is 0 Å². The van der Waals surface area contributed by atoms with Crippen molar-refractivity contribution in [3.63, 3.8) is 0 Å². The molecule has 1 N–H and O–H groups in total. The number of carbonyl (C=O) groups excluding carboxylic acids is 2. The predicted octanol–water partition coefficient (Wildman–Crippen LogP) is 3.99. The van der Waals surface area contributed by atoms with Gasteiger partial charge in [-0.15, -0.1) is 0 Å². The largest absolute Gasteiger partial charge is 0.497 e. The summed E-state index contributed by atoms with van der Waals surface area (Å²) in [6.45, 7) is 2.54. The first kappa shape index (κ1) is 21.1. The molecule has 1 aliphatic heterocycles.